The van der Waals surface area contributed by atoms with Crippen molar-refractivity contribution in [2.45, 2.75) is 64.3 Å². The average Bonchev–Trinajstić information content (AvgIpc) is 2.90. The fourth-order valence-electron chi connectivity index (χ4n) is 3.78. The molecule has 0 aromatic carbocycles. The van der Waals surface area contributed by atoms with Gasteiger partial charge in [-0.05, 0) is 61.1 Å². The van der Waals surface area contributed by atoms with E-state index in [-0.39, 0.29) is 0 Å². The highest BCUT2D eigenvalue weighted by atomic mass is 32.1. The van der Waals surface area contributed by atoms with Crippen molar-refractivity contribution in [3.63, 3.8) is 0 Å². The fraction of sp³-hybridized carbons (Fsp3) is 0.765. The van der Waals surface area contributed by atoms with Gasteiger partial charge in [0.1, 0.15) is 0 Å². The second-order valence-electron chi connectivity index (χ2n) is 6.61. The van der Waals surface area contributed by atoms with Gasteiger partial charge in [0.15, 0.2) is 0 Å². The van der Waals surface area contributed by atoms with Crippen molar-refractivity contribution in [2.24, 2.45) is 11.8 Å². The number of hydrogen-bond acceptors (Lipinski definition) is 2. The van der Waals surface area contributed by atoms with Gasteiger partial charge in [-0.1, -0.05) is 32.6 Å². The summed E-state index contributed by atoms with van der Waals surface area (Å²) >= 11 is 1.95. The molecule has 2 heteroatoms. The minimum atomic E-state index is 0.650. The Bertz CT molecular complexity index is 390. The number of aryl methyl sites for hydroxylation is 1. The fourth-order valence-corrected chi connectivity index (χ4v) is 4.77. The summed E-state index contributed by atoms with van der Waals surface area (Å²) in [6, 6.07) is 3.00. The number of fused-ring (bicyclic) bond motifs is 1. The minimum Gasteiger partial charge on any atom is -0.310 e. The number of nitrogens with one attached hydrogen (secondary N) is 1. The zero-order valence-corrected chi connectivity index (χ0v) is 13.0. The zero-order chi connectivity index (χ0) is 13.1. The van der Waals surface area contributed by atoms with Gasteiger partial charge < -0.3 is 5.32 Å². The van der Waals surface area contributed by atoms with Gasteiger partial charge in [-0.3, -0.25) is 0 Å². The molecule has 1 N–H and O–H groups in total. The normalized spacial score (nSPS) is 31.1. The van der Waals surface area contributed by atoms with Crippen LogP contribution in [0.4, 0.5) is 0 Å². The smallest absolute Gasteiger partial charge is 0.0331 e. The third-order valence-corrected chi connectivity index (χ3v) is 6.13. The quantitative estimate of drug-likeness (QED) is 0.822. The monoisotopic (exact) mass is 277 g/mol. The van der Waals surface area contributed by atoms with Crippen LogP contribution in [0.5, 0.6) is 0 Å². The van der Waals surface area contributed by atoms with E-state index in [4.69, 9.17) is 0 Å². The van der Waals surface area contributed by atoms with Crippen molar-refractivity contribution >= 4 is 11.3 Å². The minimum absolute atomic E-state index is 0.650. The number of thiophene rings is 1. The van der Waals surface area contributed by atoms with Crippen LogP contribution in [0.3, 0.4) is 0 Å². The average molecular weight is 277 g/mol. The molecule has 3 rings (SSSR count). The highest BCUT2D eigenvalue weighted by Gasteiger charge is 2.22. The molecule has 2 aliphatic rings. The Hall–Kier alpha value is -0.340. The molecule has 0 bridgehead atoms. The molecule has 0 radical (unpaired) electrons. The van der Waals surface area contributed by atoms with Crippen molar-refractivity contribution in [2.75, 3.05) is 6.54 Å². The van der Waals surface area contributed by atoms with Crippen LogP contribution >= 0.6 is 11.3 Å². The summed E-state index contributed by atoms with van der Waals surface area (Å²) < 4.78 is 0. The van der Waals surface area contributed by atoms with Gasteiger partial charge in [0, 0.05) is 10.9 Å². The van der Waals surface area contributed by atoms with Crippen LogP contribution < -0.4 is 5.32 Å². The van der Waals surface area contributed by atoms with E-state index in [1.807, 2.05) is 11.3 Å². The van der Waals surface area contributed by atoms with Crippen molar-refractivity contribution in [3.05, 3.63) is 21.9 Å². The summed E-state index contributed by atoms with van der Waals surface area (Å²) in [5.41, 5.74) is 1.61. The van der Waals surface area contributed by atoms with Gasteiger partial charge in [-0.15, -0.1) is 11.3 Å². The lowest BCUT2D eigenvalue weighted by Crippen LogP contribution is -2.27. The summed E-state index contributed by atoms with van der Waals surface area (Å²) in [7, 11) is 0. The van der Waals surface area contributed by atoms with E-state index in [1.54, 1.807) is 10.4 Å². The first-order valence-corrected chi connectivity index (χ1v) is 9.00. The van der Waals surface area contributed by atoms with Crippen molar-refractivity contribution in [3.8, 4) is 0 Å². The summed E-state index contributed by atoms with van der Waals surface area (Å²) in [5.74, 6) is 1.98. The van der Waals surface area contributed by atoms with Crippen molar-refractivity contribution in [1.82, 2.24) is 5.32 Å². The Labute approximate surface area is 121 Å². The number of rotatable bonds is 4. The van der Waals surface area contributed by atoms with Gasteiger partial charge in [0.25, 0.3) is 0 Å². The predicted molar refractivity (Wildman–Crippen MR) is 83.7 cm³/mol. The molecule has 1 saturated carbocycles. The van der Waals surface area contributed by atoms with Gasteiger partial charge >= 0.3 is 0 Å². The first-order chi connectivity index (χ1) is 9.33. The van der Waals surface area contributed by atoms with Crippen molar-refractivity contribution in [1.29, 1.82) is 0 Å². The Morgan fingerprint density at radius 2 is 2.05 bits per heavy atom. The largest absolute Gasteiger partial charge is 0.310 e. The molecule has 1 unspecified atom stereocenters. The van der Waals surface area contributed by atoms with Crippen LogP contribution in [0.2, 0.25) is 0 Å². The second kappa shape index (κ2) is 6.41. The summed E-state index contributed by atoms with van der Waals surface area (Å²) in [4.78, 5) is 1.63. The maximum atomic E-state index is 3.83. The molecule has 0 spiro atoms. The zero-order valence-electron chi connectivity index (χ0n) is 12.2. The van der Waals surface area contributed by atoms with Crippen LogP contribution in [0.25, 0.3) is 0 Å². The van der Waals surface area contributed by atoms with Crippen LogP contribution in [0.15, 0.2) is 11.4 Å². The SMILES string of the molecule is CC1CCC(CCNC2CCCc3sccc32)CC1. The topological polar surface area (TPSA) is 12.0 Å². The maximum Gasteiger partial charge on any atom is 0.0331 e. The third kappa shape index (κ3) is 3.41. The summed E-state index contributed by atoms with van der Waals surface area (Å²) in [6.45, 7) is 3.63. The van der Waals surface area contributed by atoms with E-state index in [0.717, 1.165) is 11.8 Å². The molecule has 106 valence electrons. The lowest BCUT2D eigenvalue weighted by molar-refractivity contribution is 0.271. The molecular formula is C17H27NS. The van der Waals surface area contributed by atoms with E-state index in [9.17, 15) is 0 Å². The van der Waals surface area contributed by atoms with E-state index < -0.39 is 0 Å². The van der Waals surface area contributed by atoms with E-state index in [0.29, 0.717) is 6.04 Å². The molecule has 0 amide bonds. The predicted octanol–water partition coefficient (Wildman–Crippen LogP) is 4.93. The molecule has 0 aliphatic heterocycles. The Balaban J connectivity index is 1.44. The molecule has 0 saturated heterocycles. The Morgan fingerprint density at radius 3 is 2.89 bits per heavy atom. The Morgan fingerprint density at radius 1 is 1.21 bits per heavy atom. The van der Waals surface area contributed by atoms with E-state index in [2.05, 4.69) is 23.7 Å². The lowest BCUT2D eigenvalue weighted by Gasteiger charge is -2.28. The summed E-state index contributed by atoms with van der Waals surface area (Å²) in [5, 5.41) is 6.10. The van der Waals surface area contributed by atoms with Gasteiger partial charge in [0.2, 0.25) is 0 Å². The van der Waals surface area contributed by atoms with Crippen LogP contribution in [-0.2, 0) is 6.42 Å². The van der Waals surface area contributed by atoms with Crippen LogP contribution in [-0.4, -0.2) is 6.54 Å². The molecule has 1 nitrogen and oxygen atoms in total. The molecule has 1 fully saturated rings. The third-order valence-electron chi connectivity index (χ3n) is 5.13. The highest BCUT2D eigenvalue weighted by Crippen LogP contribution is 2.34. The van der Waals surface area contributed by atoms with Crippen LogP contribution in [0.1, 0.15) is 68.4 Å². The lowest BCUT2D eigenvalue weighted by atomic mass is 9.81. The molecular weight excluding hydrogens is 250 g/mol. The Kier molecular flexibility index (Phi) is 4.60. The van der Waals surface area contributed by atoms with E-state index in [1.165, 1.54) is 57.9 Å². The van der Waals surface area contributed by atoms with E-state index >= 15 is 0 Å². The first-order valence-electron chi connectivity index (χ1n) is 8.12. The second-order valence-corrected chi connectivity index (χ2v) is 7.61. The molecule has 19 heavy (non-hydrogen) atoms. The van der Waals surface area contributed by atoms with Gasteiger partial charge in [-0.2, -0.15) is 0 Å². The maximum absolute atomic E-state index is 3.83. The summed E-state index contributed by atoms with van der Waals surface area (Å²) in [6.07, 6.45) is 11.3. The van der Waals surface area contributed by atoms with Crippen molar-refractivity contribution < 1.29 is 0 Å². The molecule has 1 atom stereocenters. The highest BCUT2D eigenvalue weighted by molar-refractivity contribution is 7.10. The first kappa shape index (κ1) is 13.6. The van der Waals surface area contributed by atoms with Crippen LogP contribution in [0, 0.1) is 11.8 Å². The molecule has 1 aromatic heterocycles. The van der Waals surface area contributed by atoms with Gasteiger partial charge in [-0.25, -0.2) is 0 Å². The molecule has 1 aromatic rings. The standard InChI is InChI=1S/C17H27NS/c1-13-5-7-14(8-6-13)9-11-18-16-3-2-4-17-15(16)10-12-19-17/h10,12-14,16,18H,2-9,11H2,1H3. The molecule has 1 heterocycles. The number of hydrogen-bond donors (Lipinski definition) is 1. The molecule has 2 aliphatic carbocycles. The van der Waals surface area contributed by atoms with Gasteiger partial charge in [0.05, 0.1) is 0 Å².